The standard InChI is InChI=1S/C15H15N3S2/c1-3-11-13(12-8-19-15(16)18-12)20-14(17-11)10-6-4-5-9(2)7-10/h4-8H,3H2,1-2H3,(H2,16,18). The molecular weight excluding hydrogens is 286 g/mol. The molecule has 0 aliphatic heterocycles. The molecular formula is C15H15N3S2. The monoisotopic (exact) mass is 301 g/mol. The van der Waals surface area contributed by atoms with Gasteiger partial charge in [0.25, 0.3) is 0 Å². The van der Waals surface area contributed by atoms with Gasteiger partial charge in [-0.2, -0.15) is 0 Å². The Bertz CT molecular complexity index is 743. The molecule has 5 heteroatoms. The van der Waals surface area contributed by atoms with Crippen LogP contribution in [0.25, 0.3) is 21.1 Å². The zero-order valence-electron chi connectivity index (χ0n) is 11.4. The van der Waals surface area contributed by atoms with Crippen LogP contribution in [0.4, 0.5) is 5.13 Å². The molecule has 3 aromatic rings. The third kappa shape index (κ3) is 2.46. The van der Waals surface area contributed by atoms with E-state index in [9.17, 15) is 0 Å². The van der Waals surface area contributed by atoms with Gasteiger partial charge >= 0.3 is 0 Å². The lowest BCUT2D eigenvalue weighted by Crippen LogP contribution is -1.86. The average molecular weight is 301 g/mol. The van der Waals surface area contributed by atoms with Crippen LogP contribution in [0.15, 0.2) is 29.6 Å². The Balaban J connectivity index is 2.09. The van der Waals surface area contributed by atoms with Crippen molar-refractivity contribution in [3.05, 3.63) is 40.9 Å². The summed E-state index contributed by atoms with van der Waals surface area (Å²) in [6.07, 6.45) is 0.898. The number of hydrogen-bond donors (Lipinski definition) is 1. The molecule has 2 aromatic heterocycles. The summed E-state index contributed by atoms with van der Waals surface area (Å²) in [5.41, 5.74) is 10.2. The highest BCUT2D eigenvalue weighted by Gasteiger charge is 2.15. The lowest BCUT2D eigenvalue weighted by molar-refractivity contribution is 1.07. The minimum atomic E-state index is 0.604. The smallest absolute Gasteiger partial charge is 0.180 e. The molecule has 0 saturated heterocycles. The van der Waals surface area contributed by atoms with Gasteiger partial charge in [0.1, 0.15) is 5.01 Å². The van der Waals surface area contributed by atoms with Gasteiger partial charge in [-0.1, -0.05) is 30.7 Å². The first-order valence-corrected chi connectivity index (χ1v) is 8.15. The number of nitrogen functional groups attached to an aromatic ring is 1. The molecule has 0 spiro atoms. The van der Waals surface area contributed by atoms with Crippen LogP contribution < -0.4 is 5.73 Å². The fourth-order valence-electron chi connectivity index (χ4n) is 2.08. The van der Waals surface area contributed by atoms with Crippen molar-refractivity contribution in [1.29, 1.82) is 0 Å². The Kier molecular flexibility index (Phi) is 3.54. The molecule has 0 fully saturated rings. The summed E-state index contributed by atoms with van der Waals surface area (Å²) in [4.78, 5) is 10.3. The Hall–Kier alpha value is -1.72. The first-order chi connectivity index (χ1) is 9.67. The van der Waals surface area contributed by atoms with Gasteiger partial charge in [-0.25, -0.2) is 9.97 Å². The number of rotatable bonds is 3. The fourth-order valence-corrected chi connectivity index (χ4v) is 3.82. The van der Waals surface area contributed by atoms with Gasteiger partial charge in [0.15, 0.2) is 5.13 Å². The highest BCUT2D eigenvalue weighted by molar-refractivity contribution is 7.19. The maximum Gasteiger partial charge on any atom is 0.180 e. The van der Waals surface area contributed by atoms with Gasteiger partial charge in [0.05, 0.1) is 16.3 Å². The molecule has 3 rings (SSSR count). The summed E-state index contributed by atoms with van der Waals surface area (Å²) < 4.78 is 0. The van der Waals surface area contributed by atoms with Crippen molar-refractivity contribution in [3.8, 4) is 21.1 Å². The Labute approximate surface area is 126 Å². The van der Waals surface area contributed by atoms with Crippen molar-refractivity contribution < 1.29 is 0 Å². The SMILES string of the molecule is CCc1nc(-c2cccc(C)c2)sc1-c1csc(N)n1. The van der Waals surface area contributed by atoms with Crippen molar-refractivity contribution in [3.63, 3.8) is 0 Å². The minimum absolute atomic E-state index is 0.604. The second kappa shape index (κ2) is 5.34. The molecule has 0 radical (unpaired) electrons. The molecule has 1 aromatic carbocycles. The topological polar surface area (TPSA) is 51.8 Å². The second-order valence-corrected chi connectivity index (χ2v) is 6.48. The zero-order chi connectivity index (χ0) is 14.1. The quantitative estimate of drug-likeness (QED) is 0.780. The third-order valence-electron chi connectivity index (χ3n) is 3.05. The third-order valence-corrected chi connectivity index (χ3v) is 4.89. The highest BCUT2D eigenvalue weighted by Crippen LogP contribution is 2.36. The maximum absolute atomic E-state index is 5.74. The number of nitrogens with zero attached hydrogens (tertiary/aromatic N) is 2. The highest BCUT2D eigenvalue weighted by atomic mass is 32.1. The van der Waals surface area contributed by atoms with E-state index in [1.807, 2.05) is 5.38 Å². The number of aromatic nitrogens is 2. The van der Waals surface area contributed by atoms with E-state index in [4.69, 9.17) is 10.7 Å². The van der Waals surface area contributed by atoms with Gasteiger partial charge in [-0.3, -0.25) is 0 Å². The van der Waals surface area contributed by atoms with Crippen LogP contribution in [0.2, 0.25) is 0 Å². The van der Waals surface area contributed by atoms with Crippen LogP contribution in [-0.4, -0.2) is 9.97 Å². The number of anilines is 1. The van der Waals surface area contributed by atoms with Crippen molar-refractivity contribution in [2.24, 2.45) is 0 Å². The van der Waals surface area contributed by atoms with Gasteiger partial charge in [0.2, 0.25) is 0 Å². The molecule has 0 aliphatic rings. The predicted octanol–water partition coefficient (Wildman–Crippen LogP) is 4.39. The molecule has 0 aliphatic carbocycles. The van der Waals surface area contributed by atoms with Gasteiger partial charge in [0, 0.05) is 10.9 Å². The molecule has 2 heterocycles. The molecule has 0 atom stereocenters. The Morgan fingerprint density at radius 2 is 2.10 bits per heavy atom. The van der Waals surface area contributed by atoms with E-state index in [0.717, 1.165) is 27.7 Å². The average Bonchev–Trinajstić information content (AvgIpc) is 3.04. The predicted molar refractivity (Wildman–Crippen MR) is 87.2 cm³/mol. The molecule has 0 saturated carbocycles. The van der Waals surface area contributed by atoms with E-state index in [1.165, 1.54) is 22.5 Å². The summed E-state index contributed by atoms with van der Waals surface area (Å²) in [6, 6.07) is 8.43. The van der Waals surface area contributed by atoms with Gasteiger partial charge in [-0.15, -0.1) is 22.7 Å². The van der Waals surface area contributed by atoms with E-state index in [2.05, 4.69) is 43.1 Å². The van der Waals surface area contributed by atoms with Crippen molar-refractivity contribution in [2.45, 2.75) is 20.3 Å². The fraction of sp³-hybridized carbons (Fsp3) is 0.200. The summed E-state index contributed by atoms with van der Waals surface area (Å²) in [5, 5.41) is 3.65. The first kappa shape index (κ1) is 13.3. The molecule has 20 heavy (non-hydrogen) atoms. The molecule has 102 valence electrons. The summed E-state index contributed by atoms with van der Waals surface area (Å²) in [6.45, 7) is 4.22. The zero-order valence-corrected chi connectivity index (χ0v) is 13.0. The summed E-state index contributed by atoms with van der Waals surface area (Å²) in [7, 11) is 0. The summed E-state index contributed by atoms with van der Waals surface area (Å²) >= 11 is 3.16. The Morgan fingerprint density at radius 1 is 1.25 bits per heavy atom. The molecule has 0 amide bonds. The van der Waals surface area contributed by atoms with Crippen LogP contribution >= 0.6 is 22.7 Å². The normalized spacial score (nSPS) is 10.9. The largest absolute Gasteiger partial charge is 0.375 e. The second-order valence-electron chi connectivity index (χ2n) is 4.59. The van der Waals surface area contributed by atoms with Crippen molar-refractivity contribution in [2.75, 3.05) is 5.73 Å². The van der Waals surface area contributed by atoms with E-state index >= 15 is 0 Å². The van der Waals surface area contributed by atoms with Gasteiger partial charge in [-0.05, 0) is 19.4 Å². The van der Waals surface area contributed by atoms with E-state index in [-0.39, 0.29) is 0 Å². The van der Waals surface area contributed by atoms with Crippen molar-refractivity contribution in [1.82, 2.24) is 9.97 Å². The van der Waals surface area contributed by atoms with Gasteiger partial charge < -0.3 is 5.73 Å². The van der Waals surface area contributed by atoms with E-state index in [1.54, 1.807) is 11.3 Å². The molecule has 3 nitrogen and oxygen atoms in total. The van der Waals surface area contributed by atoms with Crippen LogP contribution in [0.1, 0.15) is 18.2 Å². The van der Waals surface area contributed by atoms with Crippen LogP contribution in [0, 0.1) is 6.92 Å². The van der Waals surface area contributed by atoms with Crippen LogP contribution in [0.3, 0.4) is 0 Å². The maximum atomic E-state index is 5.74. The van der Waals surface area contributed by atoms with Crippen LogP contribution in [-0.2, 0) is 6.42 Å². The number of benzene rings is 1. The number of thiazole rings is 2. The lowest BCUT2D eigenvalue weighted by atomic mass is 10.1. The number of nitrogens with two attached hydrogens (primary N) is 1. The number of aryl methyl sites for hydroxylation is 2. The van der Waals surface area contributed by atoms with E-state index < -0.39 is 0 Å². The lowest BCUT2D eigenvalue weighted by Gasteiger charge is -1.97. The molecule has 2 N–H and O–H groups in total. The van der Waals surface area contributed by atoms with Crippen LogP contribution in [0.5, 0.6) is 0 Å². The summed E-state index contributed by atoms with van der Waals surface area (Å²) in [5.74, 6) is 0. The molecule has 0 bridgehead atoms. The molecule has 0 unspecified atom stereocenters. The first-order valence-electron chi connectivity index (χ1n) is 6.45. The van der Waals surface area contributed by atoms with E-state index in [0.29, 0.717) is 5.13 Å². The van der Waals surface area contributed by atoms with Crippen molar-refractivity contribution >= 4 is 27.8 Å². The number of hydrogen-bond acceptors (Lipinski definition) is 5. The minimum Gasteiger partial charge on any atom is -0.375 e. The Morgan fingerprint density at radius 3 is 2.75 bits per heavy atom.